The molecule has 0 saturated carbocycles. The molecule has 1 spiro atoms. The first-order chi connectivity index (χ1) is 13.3. The van der Waals surface area contributed by atoms with E-state index in [9.17, 15) is 9.59 Å². The van der Waals surface area contributed by atoms with Crippen LogP contribution in [0, 0.1) is 13.8 Å². The number of halogens is 1. The summed E-state index contributed by atoms with van der Waals surface area (Å²) in [7, 11) is 1.61. The van der Waals surface area contributed by atoms with Crippen molar-refractivity contribution in [2.75, 3.05) is 26.8 Å². The fraction of sp³-hybridized carbons (Fsp3) is 0.500. The number of benzene rings is 1. The maximum atomic E-state index is 13.1. The van der Waals surface area contributed by atoms with Crippen LogP contribution in [-0.2, 0) is 19.1 Å². The minimum absolute atomic E-state index is 0.187. The molecular formula is C20H25ClN2O5. The van der Waals surface area contributed by atoms with Gasteiger partial charge in [0, 0.05) is 18.1 Å². The number of nitrogens with one attached hydrogen (secondary N) is 1. The van der Waals surface area contributed by atoms with Crippen LogP contribution in [0.2, 0.25) is 5.02 Å². The summed E-state index contributed by atoms with van der Waals surface area (Å²) in [6, 6.07) is 3.59. The third-order valence-electron chi connectivity index (χ3n) is 5.27. The minimum atomic E-state index is -0.815. The van der Waals surface area contributed by atoms with Gasteiger partial charge in [-0.1, -0.05) is 11.6 Å². The van der Waals surface area contributed by atoms with Crippen molar-refractivity contribution < 1.29 is 23.9 Å². The van der Waals surface area contributed by atoms with Gasteiger partial charge in [-0.15, -0.1) is 0 Å². The Labute approximate surface area is 169 Å². The zero-order chi connectivity index (χ0) is 20.5. The molecule has 0 unspecified atom stereocenters. The normalized spacial score (nSPS) is 19.1. The van der Waals surface area contributed by atoms with Gasteiger partial charge in [0.1, 0.15) is 5.54 Å². The average molecular weight is 409 g/mol. The lowest BCUT2D eigenvalue weighted by Crippen LogP contribution is -2.53. The van der Waals surface area contributed by atoms with Gasteiger partial charge in [-0.3, -0.25) is 4.79 Å². The molecule has 1 fully saturated rings. The SMILES string of the molecule is CCOC(=O)OC1=C(c2c(C)cc(Cl)cc2C)C(=O)NC12CCN(OC)CC2. The van der Waals surface area contributed by atoms with Crippen LogP contribution in [0.3, 0.4) is 0 Å². The van der Waals surface area contributed by atoms with Crippen molar-refractivity contribution in [3.05, 3.63) is 39.6 Å². The average Bonchev–Trinajstić information content (AvgIpc) is 2.87. The van der Waals surface area contributed by atoms with Crippen LogP contribution in [0.15, 0.2) is 17.9 Å². The van der Waals surface area contributed by atoms with E-state index in [-0.39, 0.29) is 12.5 Å². The first-order valence-electron chi connectivity index (χ1n) is 9.29. The van der Waals surface area contributed by atoms with E-state index in [1.807, 2.05) is 18.9 Å². The van der Waals surface area contributed by atoms with Gasteiger partial charge in [-0.2, -0.15) is 5.06 Å². The Morgan fingerprint density at radius 2 is 1.86 bits per heavy atom. The number of hydrogen-bond donors (Lipinski definition) is 1. The monoisotopic (exact) mass is 408 g/mol. The zero-order valence-electron chi connectivity index (χ0n) is 16.6. The van der Waals surface area contributed by atoms with E-state index in [2.05, 4.69) is 5.32 Å². The van der Waals surface area contributed by atoms with Crippen LogP contribution in [-0.4, -0.2) is 49.5 Å². The number of nitrogens with zero attached hydrogens (tertiary/aromatic N) is 1. The molecule has 2 aliphatic rings. The Morgan fingerprint density at radius 3 is 2.39 bits per heavy atom. The van der Waals surface area contributed by atoms with Gasteiger partial charge in [0.2, 0.25) is 0 Å². The molecule has 0 atom stereocenters. The summed E-state index contributed by atoms with van der Waals surface area (Å²) in [5, 5.41) is 5.48. The molecule has 0 radical (unpaired) electrons. The minimum Gasteiger partial charge on any atom is -0.434 e. The zero-order valence-corrected chi connectivity index (χ0v) is 17.3. The smallest absolute Gasteiger partial charge is 0.434 e. The first kappa shape index (κ1) is 20.6. The largest absolute Gasteiger partial charge is 0.513 e. The van der Waals surface area contributed by atoms with E-state index in [1.165, 1.54) is 0 Å². The van der Waals surface area contributed by atoms with Gasteiger partial charge in [0.05, 0.1) is 19.3 Å². The second-order valence-electron chi connectivity index (χ2n) is 7.05. The highest BCUT2D eigenvalue weighted by Crippen LogP contribution is 2.42. The van der Waals surface area contributed by atoms with Gasteiger partial charge < -0.3 is 19.6 Å². The van der Waals surface area contributed by atoms with Crippen molar-refractivity contribution in [3.63, 3.8) is 0 Å². The van der Waals surface area contributed by atoms with Crippen molar-refractivity contribution in [2.45, 2.75) is 39.2 Å². The highest BCUT2D eigenvalue weighted by atomic mass is 35.5. The van der Waals surface area contributed by atoms with Gasteiger partial charge in [-0.05, 0) is 62.4 Å². The number of carbonyl (C=O) groups is 2. The predicted octanol–water partition coefficient (Wildman–Crippen LogP) is 3.37. The molecule has 1 amide bonds. The Hall–Kier alpha value is -2.09. The molecule has 1 aromatic carbocycles. The van der Waals surface area contributed by atoms with Gasteiger partial charge in [0.25, 0.3) is 5.91 Å². The molecule has 1 saturated heterocycles. The molecule has 0 aromatic heterocycles. The molecule has 3 rings (SSSR count). The summed E-state index contributed by atoms with van der Waals surface area (Å²) in [5.74, 6) is 0.0545. The molecular weight excluding hydrogens is 384 g/mol. The third-order valence-corrected chi connectivity index (χ3v) is 5.49. The number of rotatable bonds is 4. The molecule has 1 N–H and O–H groups in total. The number of ether oxygens (including phenoxy) is 2. The maximum absolute atomic E-state index is 13.1. The molecule has 7 nitrogen and oxygen atoms in total. The second kappa shape index (κ2) is 8.11. The van der Waals surface area contributed by atoms with Gasteiger partial charge >= 0.3 is 6.16 Å². The van der Waals surface area contributed by atoms with Gasteiger partial charge in [0.15, 0.2) is 5.76 Å². The molecule has 152 valence electrons. The topological polar surface area (TPSA) is 77.1 Å². The molecule has 0 aliphatic carbocycles. The number of amides is 1. The second-order valence-corrected chi connectivity index (χ2v) is 7.49. The van der Waals surface area contributed by atoms with Crippen LogP contribution in [0.4, 0.5) is 4.79 Å². The van der Waals surface area contributed by atoms with Crippen LogP contribution < -0.4 is 5.32 Å². The lowest BCUT2D eigenvalue weighted by atomic mass is 9.85. The molecule has 8 heteroatoms. The van der Waals surface area contributed by atoms with Gasteiger partial charge in [-0.25, -0.2) is 4.79 Å². The van der Waals surface area contributed by atoms with Crippen molar-refractivity contribution >= 4 is 29.2 Å². The highest BCUT2D eigenvalue weighted by molar-refractivity contribution is 6.31. The summed E-state index contributed by atoms with van der Waals surface area (Å²) in [5.41, 5.74) is 2.00. The third kappa shape index (κ3) is 3.74. The number of hydroxylamine groups is 2. The lowest BCUT2D eigenvalue weighted by molar-refractivity contribution is -0.152. The number of aryl methyl sites for hydroxylation is 2. The summed E-state index contributed by atoms with van der Waals surface area (Å²) in [4.78, 5) is 30.5. The Kier molecular flexibility index (Phi) is 5.98. The van der Waals surface area contributed by atoms with Crippen molar-refractivity contribution in [2.24, 2.45) is 0 Å². The Bertz CT molecular complexity index is 805. The van der Waals surface area contributed by atoms with Crippen LogP contribution in [0.5, 0.6) is 0 Å². The summed E-state index contributed by atoms with van der Waals surface area (Å²) in [6.07, 6.45) is 0.289. The first-order valence-corrected chi connectivity index (χ1v) is 9.67. The molecule has 28 heavy (non-hydrogen) atoms. The quantitative estimate of drug-likeness (QED) is 0.770. The fourth-order valence-electron chi connectivity index (χ4n) is 3.99. The number of hydrogen-bond acceptors (Lipinski definition) is 6. The Balaban J connectivity index is 2.12. The highest BCUT2D eigenvalue weighted by Gasteiger charge is 2.50. The van der Waals surface area contributed by atoms with Crippen molar-refractivity contribution in [3.8, 4) is 0 Å². The molecule has 2 heterocycles. The van der Waals surface area contributed by atoms with E-state index in [1.54, 1.807) is 26.2 Å². The van der Waals surface area contributed by atoms with Crippen LogP contribution in [0.25, 0.3) is 5.57 Å². The van der Waals surface area contributed by atoms with E-state index in [4.69, 9.17) is 25.9 Å². The van der Waals surface area contributed by atoms with E-state index < -0.39 is 11.7 Å². The van der Waals surface area contributed by atoms with E-state index in [0.29, 0.717) is 42.3 Å². The number of piperidine rings is 1. The molecule has 1 aromatic rings. The van der Waals surface area contributed by atoms with Crippen LogP contribution in [0.1, 0.15) is 36.5 Å². The molecule has 2 aliphatic heterocycles. The van der Waals surface area contributed by atoms with Crippen LogP contribution >= 0.6 is 11.6 Å². The summed E-state index contributed by atoms with van der Waals surface area (Å²) < 4.78 is 10.6. The van der Waals surface area contributed by atoms with Crippen molar-refractivity contribution in [1.82, 2.24) is 10.4 Å². The lowest BCUT2D eigenvalue weighted by Gasteiger charge is -2.38. The summed E-state index contributed by atoms with van der Waals surface area (Å²) in [6.45, 7) is 6.85. The van der Waals surface area contributed by atoms with E-state index in [0.717, 1.165) is 16.7 Å². The number of carbonyl (C=O) groups excluding carboxylic acids is 2. The Morgan fingerprint density at radius 1 is 1.25 bits per heavy atom. The fourth-order valence-corrected chi connectivity index (χ4v) is 4.32. The predicted molar refractivity (Wildman–Crippen MR) is 105 cm³/mol. The van der Waals surface area contributed by atoms with Crippen molar-refractivity contribution in [1.29, 1.82) is 0 Å². The standard InChI is InChI=1S/C20H25ClN2O5/c1-5-27-19(25)28-17-16(15-12(2)10-14(21)11-13(15)3)18(24)22-20(17)6-8-23(26-4)9-7-20/h10-11H,5-9H2,1-4H3,(H,22,24). The molecule has 0 bridgehead atoms. The van der Waals surface area contributed by atoms with E-state index >= 15 is 0 Å². The maximum Gasteiger partial charge on any atom is 0.513 e. The summed E-state index contributed by atoms with van der Waals surface area (Å²) >= 11 is 6.16.